The Morgan fingerprint density at radius 2 is 1.50 bits per heavy atom. The number of H-pyrrole nitrogens is 1. The third-order valence-electron chi connectivity index (χ3n) is 8.77. The number of sulfonamides is 1. The van der Waals surface area contributed by atoms with Gasteiger partial charge < -0.3 is 9.30 Å². The first kappa shape index (κ1) is 35.7. The Balaban J connectivity index is 1.25. The van der Waals surface area contributed by atoms with Crippen molar-refractivity contribution >= 4 is 55.7 Å². The van der Waals surface area contributed by atoms with Crippen molar-refractivity contribution in [3.05, 3.63) is 164 Å². The largest absolute Gasteiger partial charge is 0.493 e. The van der Waals surface area contributed by atoms with Crippen molar-refractivity contribution in [2.75, 3.05) is 13.2 Å². The SMILES string of the molecule is O=S(=O)(Cc1ccc(Cl)c(Cl)c1)NCCc1c(CCOc2ccc(-c3nn[nH]n3)cc2)c2cc(Cl)ccc2n1C(c1ccccc1)c1ccccc1. The maximum atomic E-state index is 13.3. The molecule has 2 aromatic heterocycles. The summed E-state index contributed by atoms with van der Waals surface area (Å²) in [4.78, 5) is 0. The minimum atomic E-state index is -3.72. The minimum absolute atomic E-state index is 0.162. The molecule has 2 heterocycles. The van der Waals surface area contributed by atoms with Gasteiger partial charge in [0, 0.05) is 46.6 Å². The monoisotopic (exact) mass is 770 g/mol. The molecule has 0 atom stereocenters. The van der Waals surface area contributed by atoms with Gasteiger partial charge in [-0.2, -0.15) is 5.21 Å². The van der Waals surface area contributed by atoms with Gasteiger partial charge in [-0.3, -0.25) is 0 Å². The quantitative estimate of drug-likeness (QED) is 0.114. The van der Waals surface area contributed by atoms with Gasteiger partial charge in [0.2, 0.25) is 15.8 Å². The number of halogens is 3. The molecular formula is C39H33Cl3N6O3S. The summed E-state index contributed by atoms with van der Waals surface area (Å²) in [7, 11) is -3.72. The van der Waals surface area contributed by atoms with Gasteiger partial charge in [0.1, 0.15) is 5.75 Å². The number of fused-ring (bicyclic) bond motifs is 1. The van der Waals surface area contributed by atoms with Gasteiger partial charge in [0.25, 0.3) is 0 Å². The van der Waals surface area contributed by atoms with Crippen LogP contribution in [-0.2, 0) is 28.6 Å². The van der Waals surface area contributed by atoms with Crippen molar-refractivity contribution in [1.29, 1.82) is 0 Å². The van der Waals surface area contributed by atoms with E-state index in [1.165, 1.54) is 0 Å². The number of hydrogen-bond donors (Lipinski definition) is 2. The third-order valence-corrected chi connectivity index (χ3v) is 11.1. The van der Waals surface area contributed by atoms with Crippen LogP contribution in [0.15, 0.2) is 121 Å². The van der Waals surface area contributed by atoms with Gasteiger partial charge in [0.05, 0.1) is 28.4 Å². The molecule has 5 aromatic carbocycles. The van der Waals surface area contributed by atoms with E-state index in [4.69, 9.17) is 39.5 Å². The molecule has 264 valence electrons. The summed E-state index contributed by atoms with van der Waals surface area (Å²) in [6, 6.07) is 38.6. The lowest BCUT2D eigenvalue weighted by Crippen LogP contribution is -2.28. The first-order valence-corrected chi connectivity index (χ1v) is 19.3. The van der Waals surface area contributed by atoms with Crippen LogP contribution in [0.4, 0.5) is 0 Å². The maximum absolute atomic E-state index is 13.3. The Kier molecular flexibility index (Phi) is 10.9. The smallest absolute Gasteiger partial charge is 0.215 e. The molecule has 9 nitrogen and oxygen atoms in total. The fraction of sp³-hybridized carbons (Fsp3) is 0.154. The van der Waals surface area contributed by atoms with E-state index >= 15 is 0 Å². The van der Waals surface area contributed by atoms with Crippen LogP contribution in [0.2, 0.25) is 15.1 Å². The van der Waals surface area contributed by atoms with Crippen LogP contribution in [0.1, 0.15) is 34.0 Å². The Morgan fingerprint density at radius 3 is 2.15 bits per heavy atom. The average Bonchev–Trinajstić information content (AvgIpc) is 3.79. The van der Waals surface area contributed by atoms with Crippen LogP contribution >= 0.6 is 34.8 Å². The lowest BCUT2D eigenvalue weighted by atomic mass is 9.97. The Labute approximate surface area is 316 Å². The van der Waals surface area contributed by atoms with Gasteiger partial charge in [-0.05, 0) is 82.1 Å². The van der Waals surface area contributed by atoms with Gasteiger partial charge in [-0.1, -0.05) is 102 Å². The highest BCUT2D eigenvalue weighted by molar-refractivity contribution is 7.88. The number of tetrazole rings is 1. The van der Waals surface area contributed by atoms with Crippen molar-refractivity contribution in [3.8, 4) is 17.1 Å². The van der Waals surface area contributed by atoms with E-state index in [2.05, 4.69) is 54.2 Å². The number of hydrogen-bond acceptors (Lipinski definition) is 6. The molecule has 7 rings (SSSR count). The predicted octanol–water partition coefficient (Wildman–Crippen LogP) is 8.70. The molecule has 52 heavy (non-hydrogen) atoms. The second-order valence-electron chi connectivity index (χ2n) is 12.2. The normalized spacial score (nSPS) is 11.8. The molecule has 0 aliphatic rings. The zero-order chi connectivity index (χ0) is 36.1. The highest BCUT2D eigenvalue weighted by Crippen LogP contribution is 2.38. The van der Waals surface area contributed by atoms with Gasteiger partial charge >= 0.3 is 0 Å². The lowest BCUT2D eigenvalue weighted by molar-refractivity contribution is 0.322. The maximum Gasteiger partial charge on any atom is 0.215 e. The van der Waals surface area contributed by atoms with E-state index in [0.29, 0.717) is 51.7 Å². The topological polar surface area (TPSA) is 115 Å². The Bertz CT molecular complexity index is 2350. The Hall–Kier alpha value is -4.71. The summed E-state index contributed by atoms with van der Waals surface area (Å²) in [5, 5.41) is 16.4. The standard InChI is InChI=1S/C39H33Cl3N6O3S/c40-30-14-18-36-33(24-30)32(20-22-51-31-15-12-29(13-16-31)39-44-46-47-45-39)37(19-21-43-52(49,50)25-26-11-17-34(41)35(42)23-26)48(36)38(27-7-3-1-4-8-27)28-9-5-2-6-10-28/h1-18,23-24,38,43H,19-22,25H2,(H,44,45,46,47). The molecule has 0 saturated carbocycles. The van der Waals surface area contributed by atoms with Gasteiger partial charge in [-0.15, -0.1) is 10.2 Å². The number of ether oxygens (including phenoxy) is 1. The average molecular weight is 772 g/mol. The van der Waals surface area contributed by atoms with Crippen molar-refractivity contribution < 1.29 is 13.2 Å². The predicted molar refractivity (Wildman–Crippen MR) is 207 cm³/mol. The molecule has 0 bridgehead atoms. The molecule has 0 radical (unpaired) electrons. The summed E-state index contributed by atoms with van der Waals surface area (Å²) in [6.45, 7) is 0.528. The van der Waals surface area contributed by atoms with E-state index in [1.807, 2.05) is 78.9 Å². The van der Waals surface area contributed by atoms with E-state index in [0.717, 1.165) is 38.9 Å². The first-order valence-electron chi connectivity index (χ1n) is 16.5. The summed E-state index contributed by atoms with van der Waals surface area (Å²) in [5.41, 5.74) is 6.52. The third kappa shape index (κ3) is 8.17. The molecule has 2 N–H and O–H groups in total. The molecule has 0 aliphatic heterocycles. The fourth-order valence-corrected chi connectivity index (χ4v) is 8.12. The zero-order valence-electron chi connectivity index (χ0n) is 27.7. The highest BCUT2D eigenvalue weighted by atomic mass is 35.5. The van der Waals surface area contributed by atoms with Crippen LogP contribution in [-0.4, -0.2) is 46.8 Å². The molecule has 0 aliphatic carbocycles. The molecule has 0 spiro atoms. The Morgan fingerprint density at radius 1 is 0.788 bits per heavy atom. The summed E-state index contributed by atoms with van der Waals surface area (Å²) in [5.74, 6) is 0.961. The van der Waals surface area contributed by atoms with Gasteiger partial charge in [-0.25, -0.2) is 13.1 Å². The highest BCUT2D eigenvalue weighted by Gasteiger charge is 2.26. The molecule has 0 fully saturated rings. The number of nitrogens with one attached hydrogen (secondary N) is 2. The molecular weight excluding hydrogens is 739 g/mol. The number of nitrogens with zero attached hydrogens (tertiary/aromatic N) is 4. The summed E-state index contributed by atoms with van der Waals surface area (Å²) >= 11 is 18.9. The molecule has 13 heteroatoms. The van der Waals surface area contributed by atoms with Crippen LogP contribution in [0.3, 0.4) is 0 Å². The number of aromatic nitrogens is 5. The second kappa shape index (κ2) is 15.9. The van der Waals surface area contributed by atoms with Crippen molar-refractivity contribution in [1.82, 2.24) is 29.9 Å². The van der Waals surface area contributed by atoms with Crippen molar-refractivity contribution in [2.45, 2.75) is 24.6 Å². The number of rotatable bonds is 14. The zero-order valence-corrected chi connectivity index (χ0v) is 30.8. The fourth-order valence-electron chi connectivity index (χ4n) is 6.49. The summed E-state index contributed by atoms with van der Waals surface area (Å²) in [6.07, 6.45) is 0.940. The molecule has 0 saturated heterocycles. The molecule has 0 amide bonds. The summed E-state index contributed by atoms with van der Waals surface area (Å²) < 4.78 is 38.1. The van der Waals surface area contributed by atoms with Crippen LogP contribution < -0.4 is 9.46 Å². The number of benzene rings is 5. The molecule has 0 unspecified atom stereocenters. The first-order chi connectivity index (χ1) is 25.3. The molecule has 7 aromatic rings. The second-order valence-corrected chi connectivity index (χ2v) is 15.2. The van der Waals surface area contributed by atoms with E-state index < -0.39 is 10.0 Å². The lowest BCUT2D eigenvalue weighted by Gasteiger charge is -2.25. The van der Waals surface area contributed by atoms with E-state index in [9.17, 15) is 8.42 Å². The minimum Gasteiger partial charge on any atom is -0.493 e. The van der Waals surface area contributed by atoms with Crippen LogP contribution in [0, 0.1) is 0 Å². The van der Waals surface area contributed by atoms with Crippen molar-refractivity contribution in [2.24, 2.45) is 0 Å². The number of aromatic amines is 1. The van der Waals surface area contributed by atoms with Gasteiger partial charge in [0.15, 0.2) is 0 Å². The van der Waals surface area contributed by atoms with Crippen LogP contribution in [0.25, 0.3) is 22.3 Å². The van der Waals surface area contributed by atoms with Crippen LogP contribution in [0.5, 0.6) is 5.75 Å². The van der Waals surface area contributed by atoms with E-state index in [-0.39, 0.29) is 18.3 Å². The van der Waals surface area contributed by atoms with E-state index in [1.54, 1.807) is 18.2 Å². The van der Waals surface area contributed by atoms with Crippen molar-refractivity contribution in [3.63, 3.8) is 0 Å².